The van der Waals surface area contributed by atoms with Crippen LogP contribution in [0.25, 0.3) is 0 Å². The van der Waals surface area contributed by atoms with Gasteiger partial charge >= 0.3 is 6.16 Å². The summed E-state index contributed by atoms with van der Waals surface area (Å²) in [6.07, 6.45) is -0.813. The van der Waals surface area contributed by atoms with Crippen LogP contribution in [0.4, 0.5) is 10.5 Å². The summed E-state index contributed by atoms with van der Waals surface area (Å²) in [6, 6.07) is 4.55. The number of hydrogen-bond acceptors (Lipinski definition) is 4. The lowest BCUT2D eigenvalue weighted by molar-refractivity contribution is 0.121. The third-order valence-electron chi connectivity index (χ3n) is 1.32. The molecule has 0 spiro atoms. The zero-order chi connectivity index (χ0) is 9.84. The molecule has 0 saturated carbocycles. The maximum atomic E-state index is 10.7. The first-order valence-electron chi connectivity index (χ1n) is 3.44. The maximum Gasteiger partial charge on any atom is 0.513 e. The fourth-order valence-corrected chi connectivity index (χ4v) is 0.959. The minimum absolute atomic E-state index is 0.225. The summed E-state index contributed by atoms with van der Waals surface area (Å²) in [5, 5.41) is 0.269. The second kappa shape index (κ2) is 4.00. The highest BCUT2D eigenvalue weighted by molar-refractivity contribution is 6.32. The number of carbonyl (C=O) groups excluding carboxylic acids is 1. The van der Waals surface area contributed by atoms with Gasteiger partial charge in [0, 0.05) is 5.69 Å². The lowest BCUT2D eigenvalue weighted by atomic mass is 10.3. The molecule has 0 radical (unpaired) electrons. The number of rotatable bonds is 1. The average molecular weight is 202 g/mol. The van der Waals surface area contributed by atoms with E-state index in [0.29, 0.717) is 5.69 Å². The van der Waals surface area contributed by atoms with Crippen LogP contribution in [0.1, 0.15) is 0 Å². The van der Waals surface area contributed by atoms with Gasteiger partial charge in [-0.2, -0.15) is 0 Å². The van der Waals surface area contributed by atoms with Gasteiger partial charge in [-0.1, -0.05) is 11.6 Å². The van der Waals surface area contributed by atoms with Gasteiger partial charge in [-0.15, -0.1) is 0 Å². The van der Waals surface area contributed by atoms with Crippen LogP contribution in [-0.2, 0) is 4.74 Å². The molecule has 0 aliphatic carbocycles. The van der Waals surface area contributed by atoms with E-state index in [1.54, 1.807) is 6.07 Å². The Morgan fingerprint density at radius 1 is 1.54 bits per heavy atom. The SMILES string of the molecule is COC(=O)Oc1ccc(N)cc1Cl. The first-order chi connectivity index (χ1) is 6.13. The Morgan fingerprint density at radius 2 is 2.23 bits per heavy atom. The van der Waals surface area contributed by atoms with Crippen LogP contribution < -0.4 is 10.5 Å². The first kappa shape index (κ1) is 9.67. The third kappa shape index (κ3) is 2.52. The number of methoxy groups -OCH3 is 1. The lowest BCUT2D eigenvalue weighted by Gasteiger charge is -2.04. The Bertz CT molecular complexity index is 327. The van der Waals surface area contributed by atoms with E-state index in [0.717, 1.165) is 0 Å². The molecule has 0 fully saturated rings. The van der Waals surface area contributed by atoms with Crippen molar-refractivity contribution >= 4 is 23.4 Å². The van der Waals surface area contributed by atoms with Crippen LogP contribution in [0.2, 0.25) is 5.02 Å². The second-order valence-corrected chi connectivity index (χ2v) is 2.65. The molecular formula is C8H8ClNO3. The van der Waals surface area contributed by atoms with Crippen LogP contribution in [-0.4, -0.2) is 13.3 Å². The third-order valence-corrected chi connectivity index (χ3v) is 1.61. The van der Waals surface area contributed by atoms with Crippen LogP contribution in [0.15, 0.2) is 18.2 Å². The molecule has 0 aromatic heterocycles. The maximum absolute atomic E-state index is 10.7. The highest BCUT2D eigenvalue weighted by Crippen LogP contribution is 2.26. The van der Waals surface area contributed by atoms with Crippen molar-refractivity contribution < 1.29 is 14.3 Å². The van der Waals surface area contributed by atoms with Gasteiger partial charge < -0.3 is 15.2 Å². The van der Waals surface area contributed by atoms with Crippen molar-refractivity contribution in [2.45, 2.75) is 0 Å². The van der Waals surface area contributed by atoms with E-state index in [-0.39, 0.29) is 10.8 Å². The molecule has 1 rings (SSSR count). The monoisotopic (exact) mass is 201 g/mol. The molecule has 5 heteroatoms. The minimum Gasteiger partial charge on any atom is -0.437 e. The molecule has 0 saturated heterocycles. The Labute approximate surface area is 80.2 Å². The van der Waals surface area contributed by atoms with E-state index in [1.165, 1.54) is 19.2 Å². The average Bonchev–Trinajstić information content (AvgIpc) is 2.09. The Kier molecular flexibility index (Phi) is 2.97. The zero-order valence-corrected chi connectivity index (χ0v) is 7.67. The quantitative estimate of drug-likeness (QED) is 0.429. The van der Waals surface area contributed by atoms with E-state index in [9.17, 15) is 4.79 Å². The summed E-state index contributed by atoms with van der Waals surface area (Å²) in [5.41, 5.74) is 5.94. The molecule has 2 N–H and O–H groups in total. The fourth-order valence-electron chi connectivity index (χ4n) is 0.731. The summed E-state index contributed by atoms with van der Waals surface area (Å²) in [4.78, 5) is 10.7. The van der Waals surface area contributed by atoms with Crippen LogP contribution in [0, 0.1) is 0 Å². The van der Waals surface area contributed by atoms with Crippen LogP contribution >= 0.6 is 11.6 Å². The predicted octanol–water partition coefficient (Wildman–Crippen LogP) is 2.07. The highest BCUT2D eigenvalue weighted by atomic mass is 35.5. The number of halogens is 1. The number of ether oxygens (including phenoxy) is 2. The molecule has 1 aromatic carbocycles. The standard InChI is InChI=1S/C8H8ClNO3/c1-12-8(11)13-7-3-2-5(10)4-6(7)9/h2-4H,10H2,1H3. The number of anilines is 1. The largest absolute Gasteiger partial charge is 0.513 e. The predicted molar refractivity (Wildman–Crippen MR) is 48.9 cm³/mol. The summed E-state index contributed by atoms with van der Waals surface area (Å²) in [5.74, 6) is 0.225. The number of nitrogens with two attached hydrogens (primary N) is 1. The van der Waals surface area contributed by atoms with E-state index in [2.05, 4.69) is 4.74 Å². The molecule has 0 aliphatic rings. The molecule has 0 aliphatic heterocycles. The molecule has 0 unspecified atom stereocenters. The van der Waals surface area contributed by atoms with E-state index >= 15 is 0 Å². The van der Waals surface area contributed by atoms with Gasteiger partial charge in [0.15, 0.2) is 5.75 Å². The normalized spacial score (nSPS) is 9.38. The van der Waals surface area contributed by atoms with Gasteiger partial charge in [-0.05, 0) is 18.2 Å². The van der Waals surface area contributed by atoms with E-state index < -0.39 is 6.16 Å². The summed E-state index contributed by atoms with van der Waals surface area (Å²) >= 11 is 5.72. The van der Waals surface area contributed by atoms with Crippen LogP contribution in [0.5, 0.6) is 5.75 Å². The molecule has 0 heterocycles. The minimum atomic E-state index is -0.813. The molecule has 0 atom stereocenters. The highest BCUT2D eigenvalue weighted by Gasteiger charge is 2.07. The summed E-state index contributed by atoms with van der Waals surface area (Å²) in [6.45, 7) is 0. The summed E-state index contributed by atoms with van der Waals surface area (Å²) < 4.78 is 8.99. The molecule has 0 amide bonds. The number of carbonyl (C=O) groups is 1. The Balaban J connectivity index is 2.83. The molecular weight excluding hydrogens is 194 g/mol. The molecule has 13 heavy (non-hydrogen) atoms. The van der Waals surface area contributed by atoms with E-state index in [4.69, 9.17) is 22.1 Å². The Morgan fingerprint density at radius 3 is 2.77 bits per heavy atom. The molecule has 1 aromatic rings. The molecule has 70 valence electrons. The van der Waals surface area contributed by atoms with E-state index in [1.807, 2.05) is 0 Å². The van der Waals surface area contributed by atoms with Crippen LogP contribution in [0.3, 0.4) is 0 Å². The van der Waals surface area contributed by atoms with Gasteiger partial charge in [0.2, 0.25) is 0 Å². The van der Waals surface area contributed by atoms with Gasteiger partial charge in [0.25, 0.3) is 0 Å². The second-order valence-electron chi connectivity index (χ2n) is 2.25. The topological polar surface area (TPSA) is 61.5 Å². The van der Waals surface area contributed by atoms with Crippen molar-refractivity contribution in [2.24, 2.45) is 0 Å². The van der Waals surface area contributed by atoms with Crippen molar-refractivity contribution in [3.05, 3.63) is 23.2 Å². The number of benzene rings is 1. The molecule has 0 bridgehead atoms. The fraction of sp³-hybridized carbons (Fsp3) is 0.125. The number of nitrogen functional groups attached to an aromatic ring is 1. The first-order valence-corrected chi connectivity index (χ1v) is 3.82. The number of hydrogen-bond donors (Lipinski definition) is 1. The van der Waals surface area contributed by atoms with Gasteiger partial charge in [0.05, 0.1) is 12.1 Å². The van der Waals surface area contributed by atoms with Gasteiger partial charge in [-0.3, -0.25) is 0 Å². The van der Waals surface area contributed by atoms with Crippen molar-refractivity contribution in [1.82, 2.24) is 0 Å². The van der Waals surface area contributed by atoms with Gasteiger partial charge in [-0.25, -0.2) is 4.79 Å². The van der Waals surface area contributed by atoms with Crippen molar-refractivity contribution in [1.29, 1.82) is 0 Å². The van der Waals surface area contributed by atoms with Crippen molar-refractivity contribution in [3.8, 4) is 5.75 Å². The summed E-state index contributed by atoms with van der Waals surface area (Å²) in [7, 11) is 1.22. The van der Waals surface area contributed by atoms with Crippen molar-refractivity contribution in [2.75, 3.05) is 12.8 Å². The Hall–Kier alpha value is -1.42. The zero-order valence-electron chi connectivity index (χ0n) is 6.91. The molecule has 4 nitrogen and oxygen atoms in total. The lowest BCUT2D eigenvalue weighted by Crippen LogP contribution is -2.07. The van der Waals surface area contributed by atoms with Crippen molar-refractivity contribution in [3.63, 3.8) is 0 Å². The smallest absolute Gasteiger partial charge is 0.437 e. The van der Waals surface area contributed by atoms with Gasteiger partial charge in [0.1, 0.15) is 0 Å².